The molecule has 6 atom stereocenters. The Labute approximate surface area is 405 Å². The number of carbonyl (C=O) groups excluding carboxylic acids is 1. The summed E-state index contributed by atoms with van der Waals surface area (Å²) in [5.41, 5.74) is 0. The van der Waals surface area contributed by atoms with Crippen molar-refractivity contribution < 1.29 is 56.2 Å². The average Bonchev–Trinajstić information content (AvgIpc) is 3.29. The first-order valence-corrected chi connectivity index (χ1v) is 29.2. The second kappa shape index (κ2) is 45.3. The molecule has 1 fully saturated rings. The molecule has 1 aliphatic rings. The minimum atomic E-state index is -5.06. The van der Waals surface area contributed by atoms with Crippen LogP contribution in [0.3, 0.4) is 0 Å². The van der Waals surface area contributed by atoms with E-state index in [2.05, 4.69) is 18.0 Å². The zero-order chi connectivity index (χ0) is 48.2. The fourth-order valence-corrected chi connectivity index (χ4v) is 9.54. The Balaban J connectivity index is 2.29. The summed E-state index contributed by atoms with van der Waals surface area (Å²) in [5, 5.41) is 30.8. The molecule has 0 aromatic carbocycles. The van der Waals surface area contributed by atoms with Gasteiger partial charge in [0.2, 0.25) is 0 Å². The normalized spacial score (nSPS) is 19.4. The lowest BCUT2D eigenvalue weighted by atomic mass is 9.99. The van der Waals surface area contributed by atoms with Crippen molar-refractivity contribution in [2.24, 2.45) is 0 Å². The fourth-order valence-electron chi connectivity index (χ4n) is 9.03. The summed E-state index contributed by atoms with van der Waals surface area (Å²) >= 11 is 0. The van der Waals surface area contributed by atoms with E-state index in [1.54, 1.807) is 0 Å². The van der Waals surface area contributed by atoms with E-state index in [0.717, 1.165) is 38.5 Å². The minimum Gasteiger partial charge on any atom is -0.457 e. The molecule has 1 heterocycles. The Kier molecular flexibility index (Phi) is 43.3. The van der Waals surface area contributed by atoms with Crippen LogP contribution in [0.4, 0.5) is 0 Å². The molecule has 12 nitrogen and oxygen atoms in total. The van der Waals surface area contributed by atoms with E-state index in [4.69, 9.17) is 18.9 Å². The van der Waals surface area contributed by atoms with Gasteiger partial charge >= 0.3 is 16.4 Å². The third kappa shape index (κ3) is 37.9. The highest BCUT2D eigenvalue weighted by atomic mass is 32.3. The predicted octanol–water partition coefficient (Wildman–Crippen LogP) is 13.2. The summed E-state index contributed by atoms with van der Waals surface area (Å²) < 4.78 is 59.4. The summed E-state index contributed by atoms with van der Waals surface area (Å²) in [6, 6.07) is 0. The van der Waals surface area contributed by atoms with Crippen molar-refractivity contribution >= 4 is 16.4 Å². The number of aliphatic hydroxyl groups is 3. The van der Waals surface area contributed by atoms with Crippen molar-refractivity contribution in [3.8, 4) is 0 Å². The molecule has 0 aliphatic carbocycles. The van der Waals surface area contributed by atoms with Gasteiger partial charge in [-0.2, -0.15) is 8.42 Å². The maximum Gasteiger partial charge on any atom is 0.397 e. The molecule has 1 aliphatic heterocycles. The van der Waals surface area contributed by atoms with Crippen molar-refractivity contribution in [3.05, 3.63) is 0 Å². The van der Waals surface area contributed by atoms with Crippen LogP contribution in [0.2, 0.25) is 0 Å². The van der Waals surface area contributed by atoms with Crippen LogP contribution in [-0.4, -0.2) is 97.5 Å². The van der Waals surface area contributed by atoms with Gasteiger partial charge < -0.3 is 34.3 Å². The molecule has 0 aromatic heterocycles. The van der Waals surface area contributed by atoms with Crippen molar-refractivity contribution in [2.75, 3.05) is 26.4 Å². The Hall–Kier alpha value is -0.900. The third-order valence-electron chi connectivity index (χ3n) is 13.2. The van der Waals surface area contributed by atoms with Crippen LogP contribution >= 0.6 is 0 Å². The fraction of sp³-hybridized carbons (Fsp3) is 0.981. The van der Waals surface area contributed by atoms with Crippen molar-refractivity contribution in [1.82, 2.24) is 0 Å². The smallest absolute Gasteiger partial charge is 0.397 e. The van der Waals surface area contributed by atoms with Gasteiger partial charge in [0.25, 0.3) is 0 Å². The number of carbonyl (C=O) groups is 1. The van der Waals surface area contributed by atoms with Gasteiger partial charge in [-0.1, -0.05) is 251 Å². The Bertz CT molecular complexity index is 1160. The molecule has 0 bridgehead atoms. The molecular formula is C53H104O12S. The Morgan fingerprint density at radius 1 is 0.515 bits per heavy atom. The number of ether oxygens (including phenoxy) is 4. The Morgan fingerprint density at radius 3 is 1.21 bits per heavy atom. The van der Waals surface area contributed by atoms with Gasteiger partial charge in [0.1, 0.15) is 30.5 Å². The highest BCUT2D eigenvalue weighted by Gasteiger charge is 2.48. The standard InChI is InChI=1S/C53H104O12S/c1-3-5-7-9-11-13-15-17-19-21-22-23-24-25-27-29-31-33-35-37-39-41-43-61-45-47(46-62-53-51(57)52(65-66(58,59)60)50(56)48(44-54)64-53)63-49(55)42-40-38-36-34-32-30-28-26-20-18-16-14-12-10-8-6-4-2/h47-48,50-54,56-57H,3-46H2,1-2H3,(H,58,59,60). The average molecular weight is 965 g/mol. The zero-order valence-electron chi connectivity index (χ0n) is 42.5. The van der Waals surface area contributed by atoms with Gasteiger partial charge in [-0.05, 0) is 12.8 Å². The van der Waals surface area contributed by atoms with Crippen molar-refractivity contribution in [2.45, 2.75) is 307 Å². The highest BCUT2D eigenvalue weighted by Crippen LogP contribution is 2.26. The molecule has 0 radical (unpaired) electrons. The minimum absolute atomic E-state index is 0.0455. The summed E-state index contributed by atoms with van der Waals surface area (Å²) in [4.78, 5) is 12.9. The van der Waals surface area contributed by atoms with Crippen LogP contribution in [0.5, 0.6) is 0 Å². The summed E-state index contributed by atoms with van der Waals surface area (Å²) in [6.45, 7) is 4.07. The van der Waals surface area contributed by atoms with Crippen molar-refractivity contribution in [3.63, 3.8) is 0 Å². The highest BCUT2D eigenvalue weighted by molar-refractivity contribution is 7.80. The molecule has 1 saturated heterocycles. The number of unbranched alkanes of at least 4 members (excludes halogenated alkanes) is 37. The quantitative estimate of drug-likeness (QED) is 0.0258. The lowest BCUT2D eigenvalue weighted by molar-refractivity contribution is -0.301. The molecule has 0 spiro atoms. The van der Waals surface area contributed by atoms with Crippen LogP contribution < -0.4 is 0 Å². The summed E-state index contributed by atoms with van der Waals surface area (Å²) in [5.74, 6) is -0.390. The monoisotopic (exact) mass is 965 g/mol. The van der Waals surface area contributed by atoms with Gasteiger partial charge in [-0.25, -0.2) is 4.18 Å². The van der Waals surface area contributed by atoms with Crippen LogP contribution in [0.1, 0.15) is 271 Å². The first-order valence-electron chi connectivity index (χ1n) is 27.8. The number of hydrogen-bond donors (Lipinski definition) is 4. The molecule has 6 unspecified atom stereocenters. The second-order valence-corrected chi connectivity index (χ2v) is 20.6. The van der Waals surface area contributed by atoms with E-state index in [0.29, 0.717) is 13.0 Å². The summed E-state index contributed by atoms with van der Waals surface area (Å²) in [6.07, 6.45) is 41.4. The molecule has 0 amide bonds. The van der Waals surface area contributed by atoms with Crippen LogP contribution in [0.15, 0.2) is 0 Å². The molecular weight excluding hydrogens is 861 g/mol. The van der Waals surface area contributed by atoms with Crippen LogP contribution in [-0.2, 0) is 38.3 Å². The molecule has 66 heavy (non-hydrogen) atoms. The maximum atomic E-state index is 12.9. The summed E-state index contributed by atoms with van der Waals surface area (Å²) in [7, 11) is -5.06. The lowest BCUT2D eigenvalue weighted by Gasteiger charge is -2.41. The molecule has 13 heteroatoms. The molecule has 1 rings (SSSR count). The predicted molar refractivity (Wildman–Crippen MR) is 267 cm³/mol. The molecule has 0 saturated carbocycles. The lowest BCUT2D eigenvalue weighted by Crippen LogP contribution is -2.60. The number of esters is 1. The maximum absolute atomic E-state index is 12.9. The van der Waals surface area contributed by atoms with E-state index >= 15 is 0 Å². The van der Waals surface area contributed by atoms with E-state index < -0.39 is 53.8 Å². The van der Waals surface area contributed by atoms with E-state index in [-0.39, 0.29) is 25.6 Å². The topological polar surface area (TPSA) is 178 Å². The van der Waals surface area contributed by atoms with Gasteiger partial charge in [0.05, 0.1) is 19.8 Å². The number of aliphatic hydroxyl groups excluding tert-OH is 3. The molecule has 0 aromatic rings. The van der Waals surface area contributed by atoms with Gasteiger partial charge in [-0.3, -0.25) is 9.35 Å². The number of rotatable bonds is 50. The second-order valence-electron chi connectivity index (χ2n) is 19.5. The van der Waals surface area contributed by atoms with Crippen LogP contribution in [0.25, 0.3) is 0 Å². The van der Waals surface area contributed by atoms with E-state index in [1.807, 2.05) is 0 Å². The van der Waals surface area contributed by atoms with Crippen LogP contribution in [0, 0.1) is 0 Å². The van der Waals surface area contributed by atoms with Gasteiger partial charge in [0.15, 0.2) is 6.29 Å². The Morgan fingerprint density at radius 2 is 0.864 bits per heavy atom. The van der Waals surface area contributed by atoms with Crippen molar-refractivity contribution in [1.29, 1.82) is 0 Å². The van der Waals surface area contributed by atoms with Gasteiger partial charge in [-0.15, -0.1) is 0 Å². The van der Waals surface area contributed by atoms with E-state index in [9.17, 15) is 33.1 Å². The van der Waals surface area contributed by atoms with Gasteiger partial charge in [0, 0.05) is 13.0 Å². The van der Waals surface area contributed by atoms with E-state index in [1.165, 1.54) is 205 Å². The first kappa shape index (κ1) is 63.1. The SMILES string of the molecule is CCCCCCCCCCCCCCCCCCCCCCCCOCC(COC1OC(CO)C(O)C(OS(=O)(=O)O)C1O)OC(=O)CCCCCCCCCCCCCCCCCCC. The molecule has 394 valence electrons. The first-order chi connectivity index (χ1) is 32.1. The largest absolute Gasteiger partial charge is 0.457 e. The third-order valence-corrected chi connectivity index (χ3v) is 13.7. The molecule has 4 N–H and O–H groups in total. The number of hydrogen-bond acceptors (Lipinski definition) is 11. The zero-order valence-corrected chi connectivity index (χ0v) is 43.4.